The van der Waals surface area contributed by atoms with Crippen LogP contribution in [0.4, 0.5) is 5.82 Å². The predicted molar refractivity (Wildman–Crippen MR) is 85.3 cm³/mol. The van der Waals surface area contributed by atoms with Gasteiger partial charge >= 0.3 is 0 Å². The highest BCUT2D eigenvalue weighted by molar-refractivity contribution is 9.10. The first-order valence-corrected chi connectivity index (χ1v) is 8.95. The quantitative estimate of drug-likeness (QED) is 0.780. The molecule has 1 aromatic rings. The molecule has 1 atom stereocenters. The maximum Gasteiger partial charge on any atom is 0.244 e. The number of rotatable bonds is 7. The normalized spacial score (nSPS) is 13.5. The number of nitrogens with one attached hydrogen (secondary N) is 2. The van der Waals surface area contributed by atoms with Crippen LogP contribution in [0.5, 0.6) is 0 Å². The predicted octanol–water partition coefficient (Wildman–Crippen LogP) is 2.99. The topological polar surface area (TPSA) is 71.1 Å². The molecule has 0 aliphatic carbocycles. The molecule has 0 amide bonds. The zero-order chi connectivity index (χ0) is 15.3. The smallest absolute Gasteiger partial charge is 0.244 e. The van der Waals surface area contributed by atoms with Gasteiger partial charge in [0, 0.05) is 23.3 Å². The second-order valence-electron chi connectivity index (χ2n) is 5.18. The first kappa shape index (κ1) is 17.4. The molecule has 0 aromatic carbocycles. The Kier molecular flexibility index (Phi) is 6.42. The Labute approximate surface area is 129 Å². The van der Waals surface area contributed by atoms with Crippen molar-refractivity contribution in [3.05, 3.63) is 16.7 Å². The van der Waals surface area contributed by atoms with E-state index in [1.165, 1.54) is 0 Å². The third-order valence-electron chi connectivity index (χ3n) is 2.63. The number of aromatic nitrogens is 1. The Bertz CT molecular complexity index is 547. The number of hydrogen-bond donors (Lipinski definition) is 2. The number of pyridine rings is 1. The lowest BCUT2D eigenvalue weighted by Crippen LogP contribution is -2.34. The molecule has 0 radical (unpaired) electrons. The zero-order valence-electron chi connectivity index (χ0n) is 12.3. The van der Waals surface area contributed by atoms with Gasteiger partial charge in [0.1, 0.15) is 10.7 Å². The van der Waals surface area contributed by atoms with Gasteiger partial charge in [-0.3, -0.25) is 0 Å². The minimum Gasteiger partial charge on any atom is -0.369 e. The Morgan fingerprint density at radius 3 is 2.55 bits per heavy atom. The van der Waals surface area contributed by atoms with Gasteiger partial charge in [0.2, 0.25) is 10.0 Å². The van der Waals surface area contributed by atoms with E-state index < -0.39 is 10.0 Å². The Balaban J connectivity index is 3.05. The molecule has 1 heterocycles. The van der Waals surface area contributed by atoms with E-state index >= 15 is 0 Å². The number of halogens is 1. The Morgan fingerprint density at radius 2 is 2.00 bits per heavy atom. The molecule has 5 nitrogen and oxygen atoms in total. The van der Waals surface area contributed by atoms with Gasteiger partial charge in [0.25, 0.3) is 0 Å². The molecule has 20 heavy (non-hydrogen) atoms. The summed E-state index contributed by atoms with van der Waals surface area (Å²) in [5.41, 5.74) is 0. The zero-order valence-corrected chi connectivity index (χ0v) is 14.7. The van der Waals surface area contributed by atoms with E-state index in [2.05, 4.69) is 44.8 Å². The first-order valence-electron chi connectivity index (χ1n) is 6.68. The van der Waals surface area contributed by atoms with Gasteiger partial charge in [-0.05, 0) is 48.2 Å². The fourth-order valence-electron chi connectivity index (χ4n) is 2.01. The third kappa shape index (κ3) is 5.03. The summed E-state index contributed by atoms with van der Waals surface area (Å²) in [5, 5.41) is 2.97. The minimum absolute atomic E-state index is 0.117. The van der Waals surface area contributed by atoms with Crippen LogP contribution in [-0.4, -0.2) is 26.0 Å². The molecule has 2 N–H and O–H groups in total. The van der Waals surface area contributed by atoms with Gasteiger partial charge in [-0.1, -0.05) is 13.8 Å². The van der Waals surface area contributed by atoms with Crippen molar-refractivity contribution in [1.29, 1.82) is 0 Å². The van der Waals surface area contributed by atoms with Gasteiger partial charge in [-0.25, -0.2) is 18.1 Å². The lowest BCUT2D eigenvalue weighted by atomic mass is 10.1. The summed E-state index contributed by atoms with van der Waals surface area (Å²) >= 11 is 3.26. The second-order valence-corrected chi connectivity index (χ2v) is 7.78. The summed E-state index contributed by atoms with van der Waals surface area (Å²) in [6.45, 7) is 8.51. The van der Waals surface area contributed by atoms with E-state index in [0.717, 1.165) is 6.42 Å². The lowest BCUT2D eigenvalue weighted by molar-refractivity contribution is 0.482. The van der Waals surface area contributed by atoms with Crippen LogP contribution < -0.4 is 10.0 Å². The summed E-state index contributed by atoms with van der Waals surface area (Å²) < 4.78 is 28.3. The van der Waals surface area contributed by atoms with Crippen molar-refractivity contribution in [2.45, 2.75) is 45.1 Å². The van der Waals surface area contributed by atoms with Crippen LogP contribution in [0.15, 0.2) is 21.6 Å². The van der Waals surface area contributed by atoms with Crippen molar-refractivity contribution < 1.29 is 8.42 Å². The molecule has 114 valence electrons. The highest BCUT2D eigenvalue weighted by Crippen LogP contribution is 2.23. The van der Waals surface area contributed by atoms with Gasteiger partial charge < -0.3 is 5.32 Å². The summed E-state index contributed by atoms with van der Waals surface area (Å²) in [6, 6.07) is 1.45. The number of hydrogen-bond acceptors (Lipinski definition) is 4. The molecular formula is C13H22BrN3O2S. The maximum absolute atomic E-state index is 12.5. The fraction of sp³-hybridized carbons (Fsp3) is 0.615. The Morgan fingerprint density at radius 1 is 1.35 bits per heavy atom. The van der Waals surface area contributed by atoms with Crippen molar-refractivity contribution in [1.82, 2.24) is 9.71 Å². The van der Waals surface area contributed by atoms with E-state index in [0.29, 0.717) is 22.8 Å². The highest BCUT2D eigenvalue weighted by atomic mass is 79.9. The van der Waals surface area contributed by atoms with Crippen LogP contribution >= 0.6 is 15.9 Å². The van der Waals surface area contributed by atoms with Crippen LogP contribution in [0.1, 0.15) is 34.1 Å². The molecule has 0 saturated carbocycles. The van der Waals surface area contributed by atoms with Crippen molar-refractivity contribution in [2.75, 3.05) is 11.9 Å². The van der Waals surface area contributed by atoms with E-state index in [1.54, 1.807) is 12.3 Å². The molecule has 1 rings (SSSR count). The molecule has 1 unspecified atom stereocenters. The van der Waals surface area contributed by atoms with Crippen LogP contribution in [-0.2, 0) is 10.0 Å². The summed E-state index contributed by atoms with van der Waals surface area (Å²) in [4.78, 5) is 4.30. The summed E-state index contributed by atoms with van der Waals surface area (Å²) in [5.74, 6) is 0.807. The second kappa shape index (κ2) is 7.38. The summed E-state index contributed by atoms with van der Waals surface area (Å²) in [6.07, 6.45) is 2.37. The highest BCUT2D eigenvalue weighted by Gasteiger charge is 2.22. The number of anilines is 1. The molecule has 0 aliphatic heterocycles. The Hall–Kier alpha value is -0.660. The van der Waals surface area contributed by atoms with Gasteiger partial charge in [-0.2, -0.15) is 0 Å². The van der Waals surface area contributed by atoms with E-state index in [1.807, 2.05) is 13.8 Å². The lowest BCUT2D eigenvalue weighted by Gasteiger charge is -2.17. The average Bonchev–Trinajstić information content (AvgIpc) is 2.29. The van der Waals surface area contributed by atoms with E-state index in [4.69, 9.17) is 0 Å². The molecular weight excluding hydrogens is 342 g/mol. The van der Waals surface area contributed by atoms with E-state index in [-0.39, 0.29) is 10.9 Å². The van der Waals surface area contributed by atoms with Crippen molar-refractivity contribution in [2.24, 2.45) is 5.92 Å². The van der Waals surface area contributed by atoms with Gasteiger partial charge in [-0.15, -0.1) is 0 Å². The third-order valence-corrected chi connectivity index (χ3v) is 4.67. The standard InChI is InChI=1S/C13H22BrN3O2S/c1-5-15-13-12(7-11(14)8-16-13)20(18,19)17-10(4)6-9(2)3/h7-10,17H,5-6H2,1-4H3,(H,15,16). The summed E-state index contributed by atoms with van der Waals surface area (Å²) in [7, 11) is -3.59. The fourth-order valence-corrected chi connectivity index (χ4v) is 3.91. The van der Waals surface area contributed by atoms with Crippen LogP contribution in [0.2, 0.25) is 0 Å². The molecule has 1 aromatic heterocycles. The van der Waals surface area contributed by atoms with Crippen LogP contribution in [0, 0.1) is 5.92 Å². The molecule has 0 bridgehead atoms. The first-order chi connectivity index (χ1) is 9.26. The van der Waals surface area contributed by atoms with Crippen molar-refractivity contribution in [3.8, 4) is 0 Å². The average molecular weight is 364 g/mol. The maximum atomic E-state index is 12.5. The monoisotopic (exact) mass is 363 g/mol. The molecule has 0 spiro atoms. The number of nitrogens with zero attached hydrogens (tertiary/aromatic N) is 1. The molecule has 0 fully saturated rings. The largest absolute Gasteiger partial charge is 0.369 e. The van der Waals surface area contributed by atoms with Crippen molar-refractivity contribution >= 4 is 31.8 Å². The minimum atomic E-state index is -3.59. The van der Waals surface area contributed by atoms with Gasteiger partial charge in [0.05, 0.1) is 0 Å². The molecule has 7 heteroatoms. The van der Waals surface area contributed by atoms with E-state index in [9.17, 15) is 8.42 Å². The van der Waals surface area contributed by atoms with Crippen LogP contribution in [0.3, 0.4) is 0 Å². The van der Waals surface area contributed by atoms with Crippen LogP contribution in [0.25, 0.3) is 0 Å². The molecule has 0 aliphatic rings. The van der Waals surface area contributed by atoms with Crippen molar-refractivity contribution in [3.63, 3.8) is 0 Å². The SMILES string of the molecule is CCNc1ncc(Br)cc1S(=O)(=O)NC(C)CC(C)C. The number of sulfonamides is 1. The van der Waals surface area contributed by atoms with Gasteiger partial charge in [0.15, 0.2) is 0 Å². The molecule has 0 saturated heterocycles.